The minimum atomic E-state index is -0.657. The fourth-order valence-corrected chi connectivity index (χ4v) is 1.63. The second kappa shape index (κ2) is 4.13. The predicted octanol–water partition coefficient (Wildman–Crippen LogP) is 2.12. The van der Waals surface area contributed by atoms with Gasteiger partial charge in [-0.3, -0.25) is 4.79 Å². The molecule has 1 aliphatic rings. The number of phenols is 1. The molecule has 1 atom stereocenters. The number of carbonyl (C=O) groups is 1. The first-order chi connectivity index (χ1) is 7.98. The average Bonchev–Trinajstić information content (AvgIpc) is 2.27. The Balaban J connectivity index is 2.18. The van der Waals surface area contributed by atoms with Crippen LogP contribution in [0.15, 0.2) is 24.3 Å². The maximum atomic E-state index is 10.8. The number of phenolic OH excluding ortho intramolecular Hbond substituents is 1. The molecule has 1 N–H and O–H groups in total. The number of benzene rings is 1. The zero-order valence-electron chi connectivity index (χ0n) is 9.77. The summed E-state index contributed by atoms with van der Waals surface area (Å²) in [5.41, 5.74) is 0.153. The molecule has 0 saturated heterocycles. The van der Waals surface area contributed by atoms with Crippen molar-refractivity contribution in [3.63, 3.8) is 0 Å². The van der Waals surface area contributed by atoms with Gasteiger partial charge in [-0.2, -0.15) is 0 Å². The fourth-order valence-electron chi connectivity index (χ4n) is 1.63. The van der Waals surface area contributed by atoms with Gasteiger partial charge >= 0.3 is 5.97 Å². The number of ether oxygens (including phenoxy) is 2. The standard InChI is InChI=1S/C13H14O4/c1-9(14)16-8-13(2)6-5-10-7-11(15)3-4-12(10)17-13/h3-7,15H,8H2,1-2H3/t13-/m1/s1. The molecule has 1 heterocycles. The van der Waals surface area contributed by atoms with Gasteiger partial charge in [-0.15, -0.1) is 0 Å². The average molecular weight is 234 g/mol. The van der Waals surface area contributed by atoms with Gasteiger partial charge in [0.25, 0.3) is 0 Å². The molecule has 0 saturated carbocycles. The molecule has 90 valence electrons. The number of aromatic hydroxyl groups is 1. The molecule has 17 heavy (non-hydrogen) atoms. The van der Waals surface area contributed by atoms with Gasteiger partial charge in [-0.25, -0.2) is 0 Å². The summed E-state index contributed by atoms with van der Waals surface area (Å²) in [7, 11) is 0. The minimum Gasteiger partial charge on any atom is -0.508 e. The highest BCUT2D eigenvalue weighted by atomic mass is 16.6. The maximum Gasteiger partial charge on any atom is 0.302 e. The molecule has 0 unspecified atom stereocenters. The van der Waals surface area contributed by atoms with E-state index in [0.29, 0.717) is 5.75 Å². The molecule has 0 aliphatic carbocycles. The largest absolute Gasteiger partial charge is 0.508 e. The molecule has 0 spiro atoms. The number of hydrogen-bond donors (Lipinski definition) is 1. The van der Waals surface area contributed by atoms with Crippen LogP contribution in [0.4, 0.5) is 0 Å². The first-order valence-electron chi connectivity index (χ1n) is 5.33. The van der Waals surface area contributed by atoms with Crippen molar-refractivity contribution in [2.24, 2.45) is 0 Å². The van der Waals surface area contributed by atoms with Crippen LogP contribution in [-0.4, -0.2) is 23.3 Å². The Morgan fingerprint density at radius 3 is 3.00 bits per heavy atom. The van der Waals surface area contributed by atoms with E-state index in [0.717, 1.165) is 5.56 Å². The molecular formula is C13H14O4. The van der Waals surface area contributed by atoms with Gasteiger partial charge < -0.3 is 14.6 Å². The second-order valence-electron chi connectivity index (χ2n) is 4.25. The van der Waals surface area contributed by atoms with E-state index in [2.05, 4.69) is 0 Å². The number of rotatable bonds is 2. The van der Waals surface area contributed by atoms with E-state index >= 15 is 0 Å². The van der Waals surface area contributed by atoms with Crippen LogP contribution < -0.4 is 4.74 Å². The van der Waals surface area contributed by atoms with Crippen molar-refractivity contribution in [3.8, 4) is 11.5 Å². The van der Waals surface area contributed by atoms with Crippen molar-refractivity contribution in [2.75, 3.05) is 6.61 Å². The third-order valence-electron chi connectivity index (χ3n) is 2.51. The van der Waals surface area contributed by atoms with E-state index in [9.17, 15) is 9.90 Å². The monoisotopic (exact) mass is 234 g/mol. The Bertz CT molecular complexity index is 478. The summed E-state index contributed by atoms with van der Waals surface area (Å²) in [6.45, 7) is 3.36. The van der Waals surface area contributed by atoms with E-state index in [4.69, 9.17) is 9.47 Å². The SMILES string of the molecule is CC(=O)OC[C@@]1(C)C=Cc2cc(O)ccc2O1. The van der Waals surface area contributed by atoms with Crippen LogP contribution in [0.25, 0.3) is 6.08 Å². The van der Waals surface area contributed by atoms with Crippen LogP contribution in [0, 0.1) is 0 Å². The Hall–Kier alpha value is -1.97. The molecule has 1 aromatic rings. The zero-order valence-corrected chi connectivity index (χ0v) is 9.77. The lowest BCUT2D eigenvalue weighted by Gasteiger charge is -2.30. The Kier molecular flexibility index (Phi) is 2.79. The quantitative estimate of drug-likeness (QED) is 0.796. The molecular weight excluding hydrogens is 220 g/mol. The topological polar surface area (TPSA) is 55.8 Å². The smallest absolute Gasteiger partial charge is 0.302 e. The van der Waals surface area contributed by atoms with Gasteiger partial charge in [0.05, 0.1) is 0 Å². The fraction of sp³-hybridized carbons (Fsp3) is 0.308. The van der Waals surface area contributed by atoms with Gasteiger partial charge in [0.15, 0.2) is 5.60 Å². The molecule has 1 aliphatic heterocycles. The number of fused-ring (bicyclic) bond motifs is 1. The van der Waals surface area contributed by atoms with Gasteiger partial charge in [-0.1, -0.05) is 6.08 Å². The molecule has 0 radical (unpaired) electrons. The predicted molar refractivity (Wildman–Crippen MR) is 62.8 cm³/mol. The lowest BCUT2D eigenvalue weighted by atomic mass is 10.0. The van der Waals surface area contributed by atoms with E-state index in [1.165, 1.54) is 6.92 Å². The van der Waals surface area contributed by atoms with Crippen LogP contribution in [0.5, 0.6) is 11.5 Å². The van der Waals surface area contributed by atoms with Crippen molar-refractivity contribution in [1.82, 2.24) is 0 Å². The van der Waals surface area contributed by atoms with Crippen LogP contribution in [0.3, 0.4) is 0 Å². The Morgan fingerprint density at radius 2 is 2.29 bits per heavy atom. The molecule has 0 aromatic heterocycles. The first kappa shape index (κ1) is 11.5. The lowest BCUT2D eigenvalue weighted by molar-refractivity contribution is -0.145. The summed E-state index contributed by atoms with van der Waals surface area (Å²) in [5.74, 6) is 0.528. The summed E-state index contributed by atoms with van der Waals surface area (Å²) in [4.78, 5) is 10.8. The molecule has 1 aromatic carbocycles. The summed E-state index contributed by atoms with van der Waals surface area (Å²) in [6, 6.07) is 4.88. The number of carbonyl (C=O) groups excluding carboxylic acids is 1. The van der Waals surface area contributed by atoms with Crippen molar-refractivity contribution in [2.45, 2.75) is 19.4 Å². The van der Waals surface area contributed by atoms with Gasteiger partial charge in [0, 0.05) is 12.5 Å². The molecule has 4 heteroatoms. The summed E-state index contributed by atoms with van der Waals surface area (Å²) in [5, 5.41) is 9.34. The van der Waals surface area contributed by atoms with Gasteiger partial charge in [-0.05, 0) is 31.2 Å². The first-order valence-corrected chi connectivity index (χ1v) is 5.33. The van der Waals surface area contributed by atoms with Crippen LogP contribution in [0.1, 0.15) is 19.4 Å². The molecule has 4 nitrogen and oxygen atoms in total. The maximum absolute atomic E-state index is 10.8. The molecule has 0 bridgehead atoms. The summed E-state index contributed by atoms with van der Waals surface area (Å²) in [6.07, 6.45) is 3.67. The molecule has 0 fully saturated rings. The third-order valence-corrected chi connectivity index (χ3v) is 2.51. The number of hydrogen-bond acceptors (Lipinski definition) is 4. The highest BCUT2D eigenvalue weighted by Crippen LogP contribution is 2.33. The van der Waals surface area contributed by atoms with Crippen LogP contribution in [-0.2, 0) is 9.53 Å². The summed E-state index contributed by atoms with van der Waals surface area (Å²) < 4.78 is 10.7. The van der Waals surface area contributed by atoms with E-state index in [1.807, 2.05) is 19.1 Å². The van der Waals surface area contributed by atoms with Crippen LogP contribution in [0.2, 0.25) is 0 Å². The second-order valence-corrected chi connectivity index (χ2v) is 4.25. The van der Waals surface area contributed by atoms with Gasteiger partial charge in [0.2, 0.25) is 0 Å². The van der Waals surface area contributed by atoms with Crippen molar-refractivity contribution in [3.05, 3.63) is 29.8 Å². The number of esters is 1. The lowest BCUT2D eigenvalue weighted by Crippen LogP contribution is -2.37. The highest BCUT2D eigenvalue weighted by Gasteiger charge is 2.28. The van der Waals surface area contributed by atoms with Crippen molar-refractivity contribution >= 4 is 12.0 Å². The third kappa shape index (κ3) is 2.58. The highest BCUT2D eigenvalue weighted by molar-refractivity contribution is 5.66. The molecule has 2 rings (SSSR count). The minimum absolute atomic E-state index is 0.166. The Labute approximate surface area is 99.5 Å². The van der Waals surface area contributed by atoms with E-state index in [1.54, 1.807) is 18.2 Å². The van der Waals surface area contributed by atoms with Crippen molar-refractivity contribution < 1.29 is 19.4 Å². The van der Waals surface area contributed by atoms with Gasteiger partial charge in [0.1, 0.15) is 18.1 Å². The van der Waals surface area contributed by atoms with Crippen molar-refractivity contribution in [1.29, 1.82) is 0 Å². The summed E-state index contributed by atoms with van der Waals surface area (Å²) >= 11 is 0. The molecule has 0 amide bonds. The Morgan fingerprint density at radius 1 is 1.53 bits per heavy atom. The normalized spacial score (nSPS) is 21.5. The van der Waals surface area contributed by atoms with E-state index < -0.39 is 5.60 Å². The van der Waals surface area contributed by atoms with E-state index in [-0.39, 0.29) is 18.3 Å². The van der Waals surface area contributed by atoms with Crippen LogP contribution >= 0.6 is 0 Å². The zero-order chi connectivity index (χ0) is 12.5.